The van der Waals surface area contributed by atoms with Gasteiger partial charge in [0, 0.05) is 18.8 Å². The van der Waals surface area contributed by atoms with Gasteiger partial charge < -0.3 is 19.5 Å². The van der Waals surface area contributed by atoms with Crippen LogP contribution in [0.4, 0.5) is 5.69 Å². The van der Waals surface area contributed by atoms with Crippen molar-refractivity contribution in [3.05, 3.63) is 54.6 Å². The summed E-state index contributed by atoms with van der Waals surface area (Å²) < 4.78 is 16.5. The van der Waals surface area contributed by atoms with E-state index in [1.807, 2.05) is 54.6 Å². The molecule has 138 valence electrons. The van der Waals surface area contributed by atoms with Crippen molar-refractivity contribution in [2.75, 3.05) is 51.4 Å². The van der Waals surface area contributed by atoms with E-state index in [0.29, 0.717) is 33.0 Å². The van der Waals surface area contributed by atoms with Crippen LogP contribution >= 0.6 is 0 Å². The average molecular weight is 356 g/mol. The molecule has 1 saturated heterocycles. The average Bonchev–Trinajstić information content (AvgIpc) is 2.68. The predicted octanol–water partition coefficient (Wildman–Crippen LogP) is 2.42. The van der Waals surface area contributed by atoms with E-state index in [9.17, 15) is 4.79 Å². The number of morpholine rings is 1. The molecule has 0 atom stereocenters. The smallest absolute Gasteiger partial charge is 0.238 e. The van der Waals surface area contributed by atoms with E-state index in [4.69, 9.17) is 14.2 Å². The summed E-state index contributed by atoms with van der Waals surface area (Å²) in [6.45, 7) is 4.29. The second-order valence-electron chi connectivity index (χ2n) is 5.97. The Kier molecular flexibility index (Phi) is 6.87. The zero-order valence-electron chi connectivity index (χ0n) is 14.7. The lowest BCUT2D eigenvalue weighted by atomic mass is 10.3. The predicted molar refractivity (Wildman–Crippen MR) is 99.8 cm³/mol. The number of benzene rings is 2. The Morgan fingerprint density at radius 1 is 0.923 bits per heavy atom. The highest BCUT2D eigenvalue weighted by molar-refractivity contribution is 5.92. The molecule has 6 heteroatoms. The van der Waals surface area contributed by atoms with Crippen LogP contribution in [-0.4, -0.2) is 56.9 Å². The molecule has 3 rings (SSSR count). The highest BCUT2D eigenvalue weighted by Gasteiger charge is 2.14. The number of hydrogen-bond donors (Lipinski definition) is 1. The Hall–Kier alpha value is -2.57. The molecular weight excluding hydrogens is 332 g/mol. The van der Waals surface area contributed by atoms with E-state index in [0.717, 1.165) is 30.3 Å². The minimum atomic E-state index is -0.0168. The number of hydrogen-bond acceptors (Lipinski definition) is 5. The lowest BCUT2D eigenvalue weighted by Gasteiger charge is -2.25. The van der Waals surface area contributed by atoms with E-state index in [1.165, 1.54) is 0 Å². The molecule has 1 amide bonds. The summed E-state index contributed by atoms with van der Waals surface area (Å²) in [5, 5.41) is 2.90. The number of amides is 1. The van der Waals surface area contributed by atoms with Crippen LogP contribution in [0.1, 0.15) is 0 Å². The first-order chi connectivity index (χ1) is 12.8. The fourth-order valence-corrected chi connectivity index (χ4v) is 2.63. The maximum atomic E-state index is 12.1. The van der Waals surface area contributed by atoms with Crippen molar-refractivity contribution in [1.82, 2.24) is 4.90 Å². The van der Waals surface area contributed by atoms with Crippen molar-refractivity contribution in [3.8, 4) is 11.5 Å². The van der Waals surface area contributed by atoms with Gasteiger partial charge in [-0.05, 0) is 36.4 Å². The summed E-state index contributed by atoms with van der Waals surface area (Å²) in [5.41, 5.74) is 0.760. The van der Waals surface area contributed by atoms with E-state index in [-0.39, 0.29) is 5.91 Å². The lowest BCUT2D eigenvalue weighted by Crippen LogP contribution is -2.41. The number of para-hydroxylation sites is 1. The number of ether oxygens (including phenoxy) is 3. The second-order valence-corrected chi connectivity index (χ2v) is 5.97. The molecule has 6 nitrogen and oxygen atoms in total. The van der Waals surface area contributed by atoms with Crippen molar-refractivity contribution in [2.45, 2.75) is 0 Å². The van der Waals surface area contributed by atoms with Crippen molar-refractivity contribution in [1.29, 1.82) is 0 Å². The highest BCUT2D eigenvalue weighted by atomic mass is 16.5. The van der Waals surface area contributed by atoms with Crippen LogP contribution in [0.2, 0.25) is 0 Å². The quantitative estimate of drug-likeness (QED) is 0.736. The number of carbonyl (C=O) groups excluding carboxylic acids is 1. The summed E-state index contributed by atoms with van der Waals surface area (Å²) in [6, 6.07) is 17.0. The first-order valence-electron chi connectivity index (χ1n) is 8.80. The maximum Gasteiger partial charge on any atom is 0.238 e. The number of anilines is 1. The van der Waals surface area contributed by atoms with Crippen LogP contribution in [0.15, 0.2) is 54.6 Å². The van der Waals surface area contributed by atoms with Crippen molar-refractivity contribution in [3.63, 3.8) is 0 Å². The second kappa shape index (κ2) is 9.79. The van der Waals surface area contributed by atoms with Gasteiger partial charge in [-0.1, -0.05) is 18.2 Å². The SMILES string of the molecule is O=C(CN1CCOCC1)Nc1ccc(OCCOc2ccccc2)cc1. The van der Waals surface area contributed by atoms with Gasteiger partial charge in [0.2, 0.25) is 5.91 Å². The van der Waals surface area contributed by atoms with Gasteiger partial charge in [0.15, 0.2) is 0 Å². The van der Waals surface area contributed by atoms with Crippen molar-refractivity contribution >= 4 is 11.6 Å². The standard InChI is InChI=1S/C20H24N2O4/c23-20(16-22-10-12-24-13-11-22)21-17-6-8-19(9-7-17)26-15-14-25-18-4-2-1-3-5-18/h1-9H,10-16H2,(H,21,23). The summed E-state index contributed by atoms with van der Waals surface area (Å²) in [4.78, 5) is 14.2. The Bertz CT molecular complexity index is 670. The van der Waals surface area contributed by atoms with Gasteiger partial charge in [-0.3, -0.25) is 9.69 Å². The molecule has 0 bridgehead atoms. The molecule has 1 aliphatic rings. The molecule has 0 aliphatic carbocycles. The first kappa shape index (κ1) is 18.2. The molecule has 1 fully saturated rings. The van der Waals surface area contributed by atoms with E-state index >= 15 is 0 Å². The summed E-state index contributed by atoms with van der Waals surface area (Å²) >= 11 is 0. The minimum Gasteiger partial charge on any atom is -0.490 e. The Labute approximate surface area is 153 Å². The van der Waals surface area contributed by atoms with Crippen molar-refractivity contribution < 1.29 is 19.0 Å². The zero-order valence-corrected chi connectivity index (χ0v) is 14.7. The molecule has 26 heavy (non-hydrogen) atoms. The van der Waals surface area contributed by atoms with Gasteiger partial charge in [0.1, 0.15) is 24.7 Å². The normalized spacial score (nSPS) is 14.6. The molecule has 2 aromatic rings. The molecule has 0 saturated carbocycles. The summed E-state index contributed by atoms with van der Waals surface area (Å²) in [6.07, 6.45) is 0. The van der Waals surface area contributed by atoms with E-state index in [1.54, 1.807) is 0 Å². The number of rotatable bonds is 8. The van der Waals surface area contributed by atoms with Crippen LogP contribution < -0.4 is 14.8 Å². The van der Waals surface area contributed by atoms with Gasteiger partial charge in [0.25, 0.3) is 0 Å². The highest BCUT2D eigenvalue weighted by Crippen LogP contribution is 2.16. The van der Waals surface area contributed by atoms with Crippen LogP contribution in [0.25, 0.3) is 0 Å². The third kappa shape index (κ3) is 6.06. The molecule has 1 N–H and O–H groups in total. The van der Waals surface area contributed by atoms with Gasteiger partial charge in [-0.15, -0.1) is 0 Å². The fourth-order valence-electron chi connectivity index (χ4n) is 2.63. The zero-order chi connectivity index (χ0) is 18.0. The number of nitrogens with zero attached hydrogens (tertiary/aromatic N) is 1. The molecule has 0 unspecified atom stereocenters. The summed E-state index contributed by atoms with van der Waals surface area (Å²) in [5.74, 6) is 1.55. The monoisotopic (exact) mass is 356 g/mol. The molecular formula is C20H24N2O4. The largest absolute Gasteiger partial charge is 0.490 e. The topological polar surface area (TPSA) is 60.0 Å². The maximum absolute atomic E-state index is 12.1. The minimum absolute atomic E-state index is 0.0168. The molecule has 2 aromatic carbocycles. The summed E-state index contributed by atoms with van der Waals surface area (Å²) in [7, 11) is 0. The molecule has 0 aromatic heterocycles. The van der Waals surface area contributed by atoms with Crippen LogP contribution in [0.5, 0.6) is 11.5 Å². The van der Waals surface area contributed by atoms with E-state index in [2.05, 4.69) is 10.2 Å². The Morgan fingerprint density at radius 3 is 2.19 bits per heavy atom. The van der Waals surface area contributed by atoms with Gasteiger partial charge >= 0.3 is 0 Å². The third-order valence-electron chi connectivity index (χ3n) is 3.97. The van der Waals surface area contributed by atoms with Crippen LogP contribution in [0.3, 0.4) is 0 Å². The molecule has 0 radical (unpaired) electrons. The number of nitrogens with one attached hydrogen (secondary N) is 1. The third-order valence-corrected chi connectivity index (χ3v) is 3.97. The molecule has 1 heterocycles. The van der Waals surface area contributed by atoms with Gasteiger partial charge in [0.05, 0.1) is 19.8 Å². The molecule has 0 spiro atoms. The fraction of sp³-hybridized carbons (Fsp3) is 0.350. The Morgan fingerprint density at radius 2 is 1.54 bits per heavy atom. The first-order valence-corrected chi connectivity index (χ1v) is 8.80. The van der Waals surface area contributed by atoms with Gasteiger partial charge in [-0.25, -0.2) is 0 Å². The van der Waals surface area contributed by atoms with Crippen LogP contribution in [-0.2, 0) is 9.53 Å². The Balaban J connectivity index is 1.36. The van der Waals surface area contributed by atoms with Gasteiger partial charge in [-0.2, -0.15) is 0 Å². The van der Waals surface area contributed by atoms with Crippen LogP contribution in [0, 0.1) is 0 Å². The lowest BCUT2D eigenvalue weighted by molar-refractivity contribution is -0.118. The van der Waals surface area contributed by atoms with E-state index < -0.39 is 0 Å². The van der Waals surface area contributed by atoms with Crippen molar-refractivity contribution in [2.24, 2.45) is 0 Å². The molecule has 1 aliphatic heterocycles. The number of carbonyl (C=O) groups is 1.